The highest BCUT2D eigenvalue weighted by atomic mass is 16.5. The predicted molar refractivity (Wildman–Crippen MR) is 49.4 cm³/mol. The summed E-state index contributed by atoms with van der Waals surface area (Å²) in [6.45, 7) is 3.78. The maximum atomic E-state index is 5.07. The van der Waals surface area contributed by atoms with E-state index < -0.39 is 0 Å². The fraction of sp³-hybridized carbons (Fsp3) is 0.400. The van der Waals surface area contributed by atoms with Crippen LogP contribution in [0.15, 0.2) is 24.3 Å². The van der Waals surface area contributed by atoms with Gasteiger partial charge in [0.2, 0.25) is 0 Å². The van der Waals surface area contributed by atoms with Gasteiger partial charge in [0.1, 0.15) is 0 Å². The third-order valence-electron chi connectivity index (χ3n) is 2.03. The van der Waals surface area contributed by atoms with Crippen LogP contribution in [0.2, 0.25) is 0 Å². The summed E-state index contributed by atoms with van der Waals surface area (Å²) in [7, 11) is 0. The number of rotatable bonds is 2. The molecule has 0 aliphatic carbocycles. The summed E-state index contributed by atoms with van der Waals surface area (Å²) in [5.74, 6) is 0. The minimum Gasteiger partial charge on any atom is -0.378 e. The molecule has 64 valence electrons. The van der Waals surface area contributed by atoms with E-state index in [4.69, 9.17) is 4.74 Å². The third-order valence-corrected chi connectivity index (χ3v) is 2.03. The fourth-order valence-electron chi connectivity index (χ4n) is 1.29. The second kappa shape index (κ2) is 3.15. The van der Waals surface area contributed by atoms with Crippen molar-refractivity contribution >= 4 is 5.69 Å². The van der Waals surface area contributed by atoms with Gasteiger partial charge < -0.3 is 10.1 Å². The Morgan fingerprint density at radius 1 is 1.42 bits per heavy atom. The lowest BCUT2D eigenvalue weighted by Crippen LogP contribution is -2.40. The number of hydrogen-bond donors (Lipinski definition) is 1. The molecule has 0 aromatic heterocycles. The molecule has 1 aromatic rings. The first kappa shape index (κ1) is 7.62. The Morgan fingerprint density at radius 3 is 2.83 bits per heavy atom. The highest BCUT2D eigenvalue weighted by Gasteiger charge is 2.17. The Hall–Kier alpha value is -1.02. The third kappa shape index (κ3) is 1.59. The molecule has 2 rings (SSSR count). The first-order chi connectivity index (χ1) is 5.84. The zero-order valence-electron chi connectivity index (χ0n) is 7.21. The molecule has 1 aromatic carbocycles. The Kier molecular flexibility index (Phi) is 2.00. The molecule has 1 saturated heterocycles. The largest absolute Gasteiger partial charge is 0.378 e. The lowest BCUT2D eigenvalue weighted by atomic mass is 10.2. The van der Waals surface area contributed by atoms with Crippen molar-refractivity contribution in [1.82, 2.24) is 0 Å². The topological polar surface area (TPSA) is 21.3 Å². The molecule has 0 atom stereocenters. The number of benzene rings is 1. The van der Waals surface area contributed by atoms with Crippen molar-refractivity contribution in [2.75, 3.05) is 18.5 Å². The van der Waals surface area contributed by atoms with Gasteiger partial charge in [-0.05, 0) is 24.6 Å². The van der Waals surface area contributed by atoms with Crippen molar-refractivity contribution in [3.05, 3.63) is 29.8 Å². The Balaban J connectivity index is 2.02. The van der Waals surface area contributed by atoms with Gasteiger partial charge in [-0.15, -0.1) is 0 Å². The van der Waals surface area contributed by atoms with Crippen LogP contribution in [0.5, 0.6) is 0 Å². The van der Waals surface area contributed by atoms with Crippen LogP contribution in [-0.2, 0) is 4.74 Å². The van der Waals surface area contributed by atoms with E-state index in [9.17, 15) is 0 Å². The van der Waals surface area contributed by atoms with Gasteiger partial charge in [-0.2, -0.15) is 0 Å². The van der Waals surface area contributed by atoms with Crippen LogP contribution in [0.25, 0.3) is 0 Å². The molecule has 0 bridgehead atoms. The zero-order chi connectivity index (χ0) is 8.39. The van der Waals surface area contributed by atoms with Crippen molar-refractivity contribution in [1.29, 1.82) is 0 Å². The molecule has 1 heterocycles. The number of anilines is 1. The Morgan fingerprint density at radius 2 is 2.25 bits per heavy atom. The van der Waals surface area contributed by atoms with Crippen molar-refractivity contribution in [2.24, 2.45) is 0 Å². The molecular weight excluding hydrogens is 150 g/mol. The number of hydrogen-bond acceptors (Lipinski definition) is 2. The van der Waals surface area contributed by atoms with E-state index in [-0.39, 0.29) is 0 Å². The second-order valence-corrected chi connectivity index (χ2v) is 3.25. The minimum absolute atomic E-state index is 0.520. The summed E-state index contributed by atoms with van der Waals surface area (Å²) in [6.07, 6.45) is 0. The van der Waals surface area contributed by atoms with E-state index in [1.165, 1.54) is 11.3 Å². The quantitative estimate of drug-likeness (QED) is 0.718. The average molecular weight is 163 g/mol. The molecule has 1 aliphatic heterocycles. The zero-order valence-corrected chi connectivity index (χ0v) is 7.21. The molecule has 0 unspecified atom stereocenters. The monoisotopic (exact) mass is 163 g/mol. The maximum Gasteiger partial charge on any atom is 0.0728 e. The minimum atomic E-state index is 0.520. The average Bonchev–Trinajstić information content (AvgIpc) is 1.97. The van der Waals surface area contributed by atoms with Crippen LogP contribution in [0.3, 0.4) is 0 Å². The van der Waals surface area contributed by atoms with Gasteiger partial charge in [0.15, 0.2) is 0 Å². The van der Waals surface area contributed by atoms with Crippen LogP contribution < -0.4 is 5.32 Å². The molecule has 2 nitrogen and oxygen atoms in total. The van der Waals surface area contributed by atoms with Gasteiger partial charge in [0.25, 0.3) is 0 Å². The molecule has 0 saturated carbocycles. The molecule has 0 radical (unpaired) electrons. The Bertz CT molecular complexity index is 268. The van der Waals surface area contributed by atoms with Crippen LogP contribution >= 0.6 is 0 Å². The highest BCUT2D eigenvalue weighted by Crippen LogP contribution is 2.13. The summed E-state index contributed by atoms with van der Waals surface area (Å²) in [5.41, 5.74) is 2.49. The van der Waals surface area contributed by atoms with E-state index in [1.54, 1.807) is 0 Å². The van der Waals surface area contributed by atoms with Gasteiger partial charge in [-0.3, -0.25) is 0 Å². The van der Waals surface area contributed by atoms with E-state index in [2.05, 4.69) is 36.5 Å². The normalized spacial score (nSPS) is 17.1. The van der Waals surface area contributed by atoms with E-state index in [0.717, 1.165) is 13.2 Å². The van der Waals surface area contributed by atoms with E-state index in [0.29, 0.717) is 6.04 Å². The van der Waals surface area contributed by atoms with Crippen molar-refractivity contribution in [3.8, 4) is 0 Å². The molecule has 0 spiro atoms. The lowest BCUT2D eigenvalue weighted by molar-refractivity contribution is 0.0211. The number of aryl methyl sites for hydroxylation is 1. The summed E-state index contributed by atoms with van der Waals surface area (Å²) in [5, 5.41) is 3.39. The van der Waals surface area contributed by atoms with Gasteiger partial charge in [-0.25, -0.2) is 0 Å². The molecule has 2 heteroatoms. The summed E-state index contributed by atoms with van der Waals surface area (Å²) in [4.78, 5) is 0. The van der Waals surface area contributed by atoms with Gasteiger partial charge in [-0.1, -0.05) is 12.1 Å². The number of ether oxygens (including phenoxy) is 1. The summed E-state index contributed by atoms with van der Waals surface area (Å²) in [6, 6.07) is 8.93. The van der Waals surface area contributed by atoms with Crippen LogP contribution in [0.1, 0.15) is 5.56 Å². The Labute approximate surface area is 72.5 Å². The standard InChI is InChI=1S/C10H13NO/c1-8-3-2-4-9(5-8)11-10-6-12-7-10/h2-5,10-11H,6-7H2,1H3. The number of nitrogens with one attached hydrogen (secondary N) is 1. The van der Waals surface area contributed by atoms with Crippen LogP contribution in [0.4, 0.5) is 5.69 Å². The van der Waals surface area contributed by atoms with Gasteiger partial charge in [0, 0.05) is 5.69 Å². The van der Waals surface area contributed by atoms with Gasteiger partial charge >= 0.3 is 0 Å². The molecule has 1 N–H and O–H groups in total. The summed E-state index contributed by atoms with van der Waals surface area (Å²) < 4.78 is 5.07. The molecular formula is C10H13NO. The predicted octanol–water partition coefficient (Wildman–Crippen LogP) is 1.81. The van der Waals surface area contributed by atoms with E-state index >= 15 is 0 Å². The SMILES string of the molecule is Cc1cccc(NC2COC2)c1. The first-order valence-electron chi connectivity index (χ1n) is 4.25. The highest BCUT2D eigenvalue weighted by molar-refractivity contribution is 5.46. The van der Waals surface area contributed by atoms with Crippen molar-refractivity contribution in [2.45, 2.75) is 13.0 Å². The molecule has 1 aliphatic rings. The molecule has 1 fully saturated rings. The second-order valence-electron chi connectivity index (χ2n) is 3.25. The van der Waals surface area contributed by atoms with Crippen molar-refractivity contribution < 1.29 is 4.74 Å². The maximum absolute atomic E-state index is 5.07. The van der Waals surface area contributed by atoms with Gasteiger partial charge in [0.05, 0.1) is 19.3 Å². The van der Waals surface area contributed by atoms with Crippen LogP contribution in [0, 0.1) is 6.92 Å². The van der Waals surface area contributed by atoms with E-state index in [1.807, 2.05) is 0 Å². The summed E-state index contributed by atoms with van der Waals surface area (Å²) >= 11 is 0. The first-order valence-corrected chi connectivity index (χ1v) is 4.25. The van der Waals surface area contributed by atoms with Crippen molar-refractivity contribution in [3.63, 3.8) is 0 Å². The molecule has 12 heavy (non-hydrogen) atoms. The smallest absolute Gasteiger partial charge is 0.0728 e. The molecule has 0 amide bonds. The fourth-order valence-corrected chi connectivity index (χ4v) is 1.29. The van der Waals surface area contributed by atoms with Crippen LogP contribution in [-0.4, -0.2) is 19.3 Å². The lowest BCUT2D eigenvalue weighted by Gasteiger charge is -2.27.